The van der Waals surface area contributed by atoms with E-state index in [0.29, 0.717) is 5.92 Å². The van der Waals surface area contributed by atoms with Crippen molar-refractivity contribution in [1.82, 2.24) is 0 Å². The molecule has 1 aliphatic heterocycles. The third-order valence-corrected chi connectivity index (χ3v) is 3.38. The summed E-state index contributed by atoms with van der Waals surface area (Å²) in [5.41, 5.74) is 8.18. The highest BCUT2D eigenvalue weighted by Crippen LogP contribution is 2.27. The van der Waals surface area contributed by atoms with Gasteiger partial charge in [-0.2, -0.15) is 0 Å². The molecule has 3 nitrogen and oxygen atoms in total. The highest BCUT2D eigenvalue weighted by atomic mass is 16.2. The number of nitrogens with two attached hydrogens (primary N) is 1. The number of benzene rings is 1. The molecule has 1 aliphatic rings. The first-order valence-electron chi connectivity index (χ1n) is 6.43. The molecule has 0 saturated heterocycles. The number of fused-ring (bicyclic) bond motifs is 1. The third kappa shape index (κ3) is 2.62. The summed E-state index contributed by atoms with van der Waals surface area (Å²) in [5.74, 6) is 0.371. The lowest BCUT2D eigenvalue weighted by Gasteiger charge is -2.16. The van der Waals surface area contributed by atoms with Crippen LogP contribution in [0, 0.1) is 5.92 Å². The number of amides is 1. The topological polar surface area (TPSA) is 46.3 Å². The molecule has 2 N–H and O–H groups in total. The van der Waals surface area contributed by atoms with Gasteiger partial charge >= 0.3 is 0 Å². The van der Waals surface area contributed by atoms with Crippen LogP contribution >= 0.6 is 0 Å². The lowest BCUT2D eigenvalue weighted by molar-refractivity contribution is -0.114. The Balaban J connectivity index is 2.08. The van der Waals surface area contributed by atoms with Gasteiger partial charge in [0, 0.05) is 24.4 Å². The van der Waals surface area contributed by atoms with Gasteiger partial charge in [0.25, 0.3) is 5.91 Å². The summed E-state index contributed by atoms with van der Waals surface area (Å²) in [5, 5.41) is 0. The lowest BCUT2D eigenvalue weighted by Crippen LogP contribution is -2.29. The SMILES string of the molecule is CC(C)C(N)C=CC(=O)N1CCc2ccccc21. The third-order valence-electron chi connectivity index (χ3n) is 3.38. The molecule has 96 valence electrons. The molecule has 0 aliphatic carbocycles. The van der Waals surface area contributed by atoms with Crippen LogP contribution in [0.2, 0.25) is 0 Å². The molecule has 0 radical (unpaired) electrons. The molecule has 18 heavy (non-hydrogen) atoms. The number of carbonyl (C=O) groups excluding carboxylic acids is 1. The fraction of sp³-hybridized carbons (Fsp3) is 0.400. The fourth-order valence-corrected chi connectivity index (χ4v) is 2.07. The minimum Gasteiger partial charge on any atom is -0.324 e. The van der Waals surface area contributed by atoms with E-state index in [1.54, 1.807) is 12.2 Å². The van der Waals surface area contributed by atoms with Gasteiger partial charge < -0.3 is 10.6 Å². The van der Waals surface area contributed by atoms with E-state index in [-0.39, 0.29) is 11.9 Å². The highest BCUT2D eigenvalue weighted by Gasteiger charge is 2.22. The summed E-state index contributed by atoms with van der Waals surface area (Å²) in [7, 11) is 0. The van der Waals surface area contributed by atoms with Crippen LogP contribution in [-0.4, -0.2) is 18.5 Å². The van der Waals surface area contributed by atoms with Crippen LogP contribution in [0.1, 0.15) is 19.4 Å². The summed E-state index contributed by atoms with van der Waals surface area (Å²) in [6.07, 6.45) is 4.34. The molecule has 0 saturated carbocycles. The van der Waals surface area contributed by atoms with Crippen molar-refractivity contribution in [3.05, 3.63) is 42.0 Å². The molecule has 1 aromatic rings. The van der Waals surface area contributed by atoms with E-state index >= 15 is 0 Å². The molecule has 1 atom stereocenters. The van der Waals surface area contributed by atoms with Gasteiger partial charge in [-0.15, -0.1) is 0 Å². The molecule has 1 heterocycles. The number of carbonyl (C=O) groups is 1. The molecular weight excluding hydrogens is 224 g/mol. The Morgan fingerprint density at radius 1 is 1.39 bits per heavy atom. The van der Waals surface area contributed by atoms with Crippen molar-refractivity contribution in [3.63, 3.8) is 0 Å². The summed E-state index contributed by atoms with van der Waals surface area (Å²) in [4.78, 5) is 13.9. The van der Waals surface area contributed by atoms with Crippen molar-refractivity contribution in [1.29, 1.82) is 0 Å². The zero-order chi connectivity index (χ0) is 13.1. The second kappa shape index (κ2) is 5.36. The van der Waals surface area contributed by atoms with E-state index in [9.17, 15) is 4.79 Å². The number of hydrogen-bond donors (Lipinski definition) is 1. The van der Waals surface area contributed by atoms with Crippen molar-refractivity contribution >= 4 is 11.6 Å². The number of rotatable bonds is 3. The van der Waals surface area contributed by atoms with E-state index in [4.69, 9.17) is 5.73 Å². The molecule has 1 aromatic carbocycles. The highest BCUT2D eigenvalue weighted by molar-refractivity contribution is 6.02. The average molecular weight is 244 g/mol. The molecule has 0 aromatic heterocycles. The van der Waals surface area contributed by atoms with Gasteiger partial charge in [-0.3, -0.25) is 4.79 Å². The largest absolute Gasteiger partial charge is 0.324 e. The normalized spacial score (nSPS) is 16.3. The first-order valence-corrected chi connectivity index (χ1v) is 6.43. The van der Waals surface area contributed by atoms with Crippen molar-refractivity contribution < 1.29 is 4.79 Å². The quantitative estimate of drug-likeness (QED) is 0.828. The smallest absolute Gasteiger partial charge is 0.250 e. The Labute approximate surface area is 108 Å². The number of hydrogen-bond acceptors (Lipinski definition) is 2. The summed E-state index contributed by atoms with van der Waals surface area (Å²) < 4.78 is 0. The first kappa shape index (κ1) is 12.8. The molecule has 3 heteroatoms. The maximum atomic E-state index is 12.1. The van der Waals surface area contributed by atoms with Gasteiger partial charge in [0.15, 0.2) is 0 Å². The van der Waals surface area contributed by atoms with Crippen LogP contribution in [-0.2, 0) is 11.2 Å². The van der Waals surface area contributed by atoms with Crippen molar-refractivity contribution in [3.8, 4) is 0 Å². The number of anilines is 1. The number of para-hydroxylation sites is 1. The Bertz CT molecular complexity index is 465. The van der Waals surface area contributed by atoms with E-state index < -0.39 is 0 Å². The predicted molar refractivity (Wildman–Crippen MR) is 74.5 cm³/mol. The van der Waals surface area contributed by atoms with Crippen LogP contribution < -0.4 is 10.6 Å². The van der Waals surface area contributed by atoms with Gasteiger partial charge in [0.1, 0.15) is 0 Å². The minimum atomic E-state index is -0.0632. The van der Waals surface area contributed by atoms with Crippen LogP contribution in [0.3, 0.4) is 0 Å². The standard InChI is InChI=1S/C15H20N2O/c1-11(2)13(16)7-8-15(18)17-10-9-12-5-3-4-6-14(12)17/h3-8,11,13H,9-10,16H2,1-2H3. The first-order chi connectivity index (χ1) is 8.59. The van der Waals surface area contributed by atoms with Crippen LogP contribution in [0.25, 0.3) is 0 Å². The maximum Gasteiger partial charge on any atom is 0.250 e. The Morgan fingerprint density at radius 3 is 2.83 bits per heavy atom. The molecule has 0 fully saturated rings. The monoisotopic (exact) mass is 244 g/mol. The van der Waals surface area contributed by atoms with Crippen LogP contribution in [0.15, 0.2) is 36.4 Å². The van der Waals surface area contributed by atoms with Gasteiger partial charge in [-0.25, -0.2) is 0 Å². The molecule has 0 bridgehead atoms. The van der Waals surface area contributed by atoms with E-state index in [0.717, 1.165) is 18.7 Å². The van der Waals surface area contributed by atoms with E-state index in [2.05, 4.69) is 6.07 Å². The molecule has 2 rings (SSSR count). The Morgan fingerprint density at radius 2 is 2.11 bits per heavy atom. The van der Waals surface area contributed by atoms with Gasteiger partial charge in [-0.05, 0) is 24.0 Å². The zero-order valence-corrected chi connectivity index (χ0v) is 11.0. The van der Waals surface area contributed by atoms with Gasteiger partial charge in [0.2, 0.25) is 0 Å². The second-order valence-electron chi connectivity index (χ2n) is 5.05. The Kier molecular flexibility index (Phi) is 3.82. The van der Waals surface area contributed by atoms with Gasteiger partial charge in [0.05, 0.1) is 0 Å². The summed E-state index contributed by atoms with van der Waals surface area (Å²) >= 11 is 0. The number of nitrogens with zero attached hydrogens (tertiary/aromatic N) is 1. The Hall–Kier alpha value is -1.61. The van der Waals surface area contributed by atoms with Crippen molar-refractivity contribution in [2.24, 2.45) is 11.7 Å². The second-order valence-corrected chi connectivity index (χ2v) is 5.05. The molecule has 1 unspecified atom stereocenters. The van der Waals surface area contributed by atoms with Crippen molar-refractivity contribution in [2.45, 2.75) is 26.3 Å². The maximum absolute atomic E-state index is 12.1. The van der Waals surface area contributed by atoms with Crippen LogP contribution in [0.5, 0.6) is 0 Å². The molecule has 1 amide bonds. The summed E-state index contributed by atoms with van der Waals surface area (Å²) in [6.45, 7) is 4.86. The van der Waals surface area contributed by atoms with Gasteiger partial charge in [-0.1, -0.05) is 38.1 Å². The minimum absolute atomic E-state index is 0.0241. The molecule has 0 spiro atoms. The molecular formula is C15H20N2O. The van der Waals surface area contributed by atoms with E-state index in [1.807, 2.05) is 36.9 Å². The van der Waals surface area contributed by atoms with E-state index in [1.165, 1.54) is 5.56 Å². The van der Waals surface area contributed by atoms with Crippen molar-refractivity contribution in [2.75, 3.05) is 11.4 Å². The fourth-order valence-electron chi connectivity index (χ4n) is 2.07. The zero-order valence-electron chi connectivity index (χ0n) is 11.0. The average Bonchev–Trinajstić information content (AvgIpc) is 2.79. The lowest BCUT2D eigenvalue weighted by atomic mass is 10.1. The predicted octanol–water partition coefficient (Wildman–Crippen LogP) is 2.12. The summed E-state index contributed by atoms with van der Waals surface area (Å²) in [6, 6.07) is 7.99. The van der Waals surface area contributed by atoms with Crippen LogP contribution in [0.4, 0.5) is 5.69 Å².